The number of hydrogen-bond acceptors (Lipinski definition) is 4. The summed E-state index contributed by atoms with van der Waals surface area (Å²) in [6.45, 7) is 3.36. The molecule has 2 aromatic rings. The van der Waals surface area contributed by atoms with E-state index in [9.17, 15) is 14.4 Å². The van der Waals surface area contributed by atoms with E-state index in [1.54, 1.807) is 31.2 Å². The van der Waals surface area contributed by atoms with E-state index in [0.29, 0.717) is 11.3 Å². The van der Waals surface area contributed by atoms with E-state index < -0.39 is 23.4 Å². The maximum absolute atomic E-state index is 13.0. The van der Waals surface area contributed by atoms with Crippen LogP contribution in [0.25, 0.3) is 0 Å². The van der Waals surface area contributed by atoms with Crippen LogP contribution in [-0.2, 0) is 28.0 Å². The lowest BCUT2D eigenvalue weighted by Gasteiger charge is -2.22. The third kappa shape index (κ3) is 4.33. The summed E-state index contributed by atoms with van der Waals surface area (Å²) in [5.41, 5.74) is 2.00. The molecule has 2 N–H and O–H groups in total. The van der Waals surface area contributed by atoms with Gasteiger partial charge in [-0.3, -0.25) is 14.5 Å². The van der Waals surface area contributed by atoms with E-state index in [1.165, 1.54) is 5.56 Å². The SMILES string of the molecule is CCCc1ccc(C2(C)NC(=O)N(CC(=O)Nc3ccc(CC#N)cc3)C2=O)cc1. The first-order valence-electron chi connectivity index (χ1n) is 9.86. The Morgan fingerprint density at radius 3 is 2.33 bits per heavy atom. The highest BCUT2D eigenvalue weighted by molar-refractivity contribution is 6.10. The molecule has 154 valence electrons. The lowest BCUT2D eigenvalue weighted by Crippen LogP contribution is -2.42. The molecule has 0 saturated carbocycles. The topological polar surface area (TPSA) is 102 Å². The molecular formula is C23H24N4O3. The van der Waals surface area contributed by atoms with Crippen LogP contribution >= 0.6 is 0 Å². The fourth-order valence-corrected chi connectivity index (χ4v) is 3.47. The average molecular weight is 404 g/mol. The number of urea groups is 1. The van der Waals surface area contributed by atoms with Crippen LogP contribution in [0, 0.1) is 11.3 Å². The molecule has 1 aliphatic heterocycles. The number of carbonyl (C=O) groups is 3. The van der Waals surface area contributed by atoms with Crippen molar-refractivity contribution in [3.8, 4) is 6.07 Å². The Balaban J connectivity index is 1.68. The van der Waals surface area contributed by atoms with E-state index in [-0.39, 0.29) is 13.0 Å². The molecule has 30 heavy (non-hydrogen) atoms. The smallest absolute Gasteiger partial charge is 0.325 e. The molecule has 0 bridgehead atoms. The normalized spacial score (nSPS) is 18.1. The highest BCUT2D eigenvalue weighted by atomic mass is 16.2. The molecule has 7 heteroatoms. The van der Waals surface area contributed by atoms with Gasteiger partial charge in [0, 0.05) is 5.69 Å². The molecule has 1 heterocycles. The highest BCUT2D eigenvalue weighted by Crippen LogP contribution is 2.29. The number of hydrogen-bond donors (Lipinski definition) is 2. The molecular weight excluding hydrogens is 380 g/mol. The Hall–Kier alpha value is -3.66. The zero-order valence-electron chi connectivity index (χ0n) is 17.1. The van der Waals surface area contributed by atoms with Crippen molar-refractivity contribution in [2.45, 2.75) is 38.6 Å². The average Bonchev–Trinajstić information content (AvgIpc) is 2.94. The van der Waals surface area contributed by atoms with Crippen LogP contribution in [0.5, 0.6) is 0 Å². The molecule has 2 aromatic carbocycles. The lowest BCUT2D eigenvalue weighted by atomic mass is 9.91. The predicted molar refractivity (Wildman–Crippen MR) is 112 cm³/mol. The Morgan fingerprint density at radius 2 is 1.73 bits per heavy atom. The highest BCUT2D eigenvalue weighted by Gasteiger charge is 2.49. The van der Waals surface area contributed by atoms with Crippen molar-refractivity contribution < 1.29 is 14.4 Å². The summed E-state index contributed by atoms with van der Waals surface area (Å²) >= 11 is 0. The first kappa shape index (κ1) is 21.1. The van der Waals surface area contributed by atoms with Gasteiger partial charge in [-0.15, -0.1) is 0 Å². The number of anilines is 1. The van der Waals surface area contributed by atoms with Gasteiger partial charge in [0.1, 0.15) is 12.1 Å². The Morgan fingerprint density at radius 1 is 1.10 bits per heavy atom. The summed E-state index contributed by atoms with van der Waals surface area (Å²) < 4.78 is 0. The monoisotopic (exact) mass is 404 g/mol. The van der Waals surface area contributed by atoms with Crippen molar-refractivity contribution in [1.29, 1.82) is 5.26 Å². The van der Waals surface area contributed by atoms with Gasteiger partial charge >= 0.3 is 6.03 Å². The second-order valence-electron chi connectivity index (χ2n) is 7.47. The van der Waals surface area contributed by atoms with E-state index in [1.807, 2.05) is 24.3 Å². The molecule has 1 atom stereocenters. The maximum atomic E-state index is 13.0. The van der Waals surface area contributed by atoms with Crippen LogP contribution < -0.4 is 10.6 Å². The van der Waals surface area contributed by atoms with Crippen LogP contribution in [0.15, 0.2) is 48.5 Å². The minimum atomic E-state index is -1.21. The molecule has 4 amide bonds. The molecule has 0 aliphatic carbocycles. The van der Waals surface area contributed by atoms with Gasteiger partial charge in [-0.1, -0.05) is 49.7 Å². The first-order chi connectivity index (χ1) is 14.4. The van der Waals surface area contributed by atoms with Gasteiger partial charge in [0.05, 0.1) is 12.5 Å². The standard InChI is InChI=1S/C23H24N4O3/c1-3-4-16-5-9-18(10-6-16)23(2)21(29)27(22(30)26-23)15-20(28)25-19-11-7-17(8-12-19)13-14-24/h5-12H,3-4,13,15H2,1-2H3,(H,25,28)(H,26,30). The molecule has 0 radical (unpaired) electrons. The minimum Gasteiger partial charge on any atom is -0.325 e. The zero-order valence-corrected chi connectivity index (χ0v) is 17.1. The summed E-state index contributed by atoms with van der Waals surface area (Å²) in [4.78, 5) is 38.7. The third-order valence-electron chi connectivity index (χ3n) is 5.17. The number of amides is 4. The quantitative estimate of drug-likeness (QED) is 0.692. The second kappa shape index (κ2) is 8.78. The zero-order chi connectivity index (χ0) is 21.7. The minimum absolute atomic E-state index is 0.286. The van der Waals surface area contributed by atoms with Crippen molar-refractivity contribution in [3.63, 3.8) is 0 Å². The predicted octanol–water partition coefficient (Wildman–Crippen LogP) is 3.11. The van der Waals surface area contributed by atoms with Gasteiger partial charge in [0.2, 0.25) is 5.91 Å². The van der Waals surface area contributed by atoms with E-state index in [2.05, 4.69) is 23.6 Å². The van der Waals surface area contributed by atoms with Crippen molar-refractivity contribution in [2.75, 3.05) is 11.9 Å². The Bertz CT molecular complexity index is 993. The Kier molecular flexibility index (Phi) is 6.17. The van der Waals surface area contributed by atoms with E-state index in [4.69, 9.17) is 5.26 Å². The number of rotatable bonds is 7. The van der Waals surface area contributed by atoms with Gasteiger partial charge in [-0.05, 0) is 42.2 Å². The van der Waals surface area contributed by atoms with Crippen LogP contribution in [0.4, 0.5) is 10.5 Å². The molecule has 1 unspecified atom stereocenters. The van der Waals surface area contributed by atoms with Gasteiger partial charge in [0.25, 0.3) is 5.91 Å². The van der Waals surface area contributed by atoms with Crippen LogP contribution in [0.2, 0.25) is 0 Å². The Labute approximate surface area is 175 Å². The first-order valence-corrected chi connectivity index (χ1v) is 9.86. The fourth-order valence-electron chi connectivity index (χ4n) is 3.47. The van der Waals surface area contributed by atoms with Crippen molar-refractivity contribution in [3.05, 3.63) is 65.2 Å². The van der Waals surface area contributed by atoms with Crippen molar-refractivity contribution in [1.82, 2.24) is 10.2 Å². The number of carbonyl (C=O) groups excluding carboxylic acids is 3. The lowest BCUT2D eigenvalue weighted by molar-refractivity contribution is -0.133. The van der Waals surface area contributed by atoms with Gasteiger partial charge in [-0.25, -0.2) is 4.79 Å². The van der Waals surface area contributed by atoms with Gasteiger partial charge < -0.3 is 10.6 Å². The number of nitrogens with zero attached hydrogens (tertiary/aromatic N) is 2. The largest absolute Gasteiger partial charge is 0.325 e. The number of imide groups is 1. The maximum Gasteiger partial charge on any atom is 0.325 e. The molecule has 1 saturated heterocycles. The van der Waals surface area contributed by atoms with Gasteiger partial charge in [0.15, 0.2) is 0 Å². The molecule has 1 fully saturated rings. The second-order valence-corrected chi connectivity index (χ2v) is 7.47. The fraction of sp³-hybridized carbons (Fsp3) is 0.304. The van der Waals surface area contributed by atoms with E-state index >= 15 is 0 Å². The number of benzene rings is 2. The van der Waals surface area contributed by atoms with Crippen LogP contribution in [0.1, 0.15) is 37.0 Å². The third-order valence-corrected chi connectivity index (χ3v) is 5.17. The summed E-state index contributed by atoms with van der Waals surface area (Å²) in [5, 5.41) is 14.1. The van der Waals surface area contributed by atoms with Crippen molar-refractivity contribution >= 4 is 23.5 Å². The molecule has 0 spiro atoms. The summed E-state index contributed by atoms with van der Waals surface area (Å²) in [6.07, 6.45) is 2.26. The number of aryl methyl sites for hydroxylation is 1. The summed E-state index contributed by atoms with van der Waals surface area (Å²) in [7, 11) is 0. The summed E-state index contributed by atoms with van der Waals surface area (Å²) in [5.74, 6) is -0.940. The molecule has 7 nitrogen and oxygen atoms in total. The molecule has 0 aromatic heterocycles. The number of nitriles is 1. The van der Waals surface area contributed by atoms with Crippen molar-refractivity contribution in [2.24, 2.45) is 0 Å². The van der Waals surface area contributed by atoms with Crippen LogP contribution in [-0.4, -0.2) is 29.3 Å². The van der Waals surface area contributed by atoms with E-state index in [0.717, 1.165) is 23.3 Å². The number of nitrogens with one attached hydrogen (secondary N) is 2. The molecule has 1 aliphatic rings. The summed E-state index contributed by atoms with van der Waals surface area (Å²) in [6, 6.07) is 15.9. The molecule has 3 rings (SSSR count). The van der Waals surface area contributed by atoms with Gasteiger partial charge in [-0.2, -0.15) is 5.26 Å². The van der Waals surface area contributed by atoms with Crippen LogP contribution in [0.3, 0.4) is 0 Å².